The number of likely N-dealkylation sites (N-methyl/N-ethyl adjacent to an activating group) is 1. The third-order valence-corrected chi connectivity index (χ3v) is 5.56. The fourth-order valence-electron chi connectivity index (χ4n) is 3.84. The van der Waals surface area contributed by atoms with Gasteiger partial charge in [0.1, 0.15) is 5.75 Å². The second-order valence-electron chi connectivity index (χ2n) is 7.82. The second kappa shape index (κ2) is 9.60. The van der Waals surface area contributed by atoms with Crippen molar-refractivity contribution >= 4 is 11.9 Å². The van der Waals surface area contributed by atoms with Gasteiger partial charge in [0.25, 0.3) is 0 Å². The van der Waals surface area contributed by atoms with E-state index in [1.165, 1.54) is 0 Å². The number of imidazole rings is 1. The van der Waals surface area contributed by atoms with Gasteiger partial charge in [-0.05, 0) is 48.4 Å². The van der Waals surface area contributed by atoms with Crippen LogP contribution in [0.2, 0.25) is 0 Å². The first-order chi connectivity index (χ1) is 16.3. The van der Waals surface area contributed by atoms with Crippen LogP contribution in [0, 0.1) is 24.4 Å². The van der Waals surface area contributed by atoms with Crippen molar-refractivity contribution in [3.63, 3.8) is 0 Å². The van der Waals surface area contributed by atoms with Gasteiger partial charge in [0, 0.05) is 13.2 Å². The van der Waals surface area contributed by atoms with E-state index in [2.05, 4.69) is 10.1 Å². The van der Waals surface area contributed by atoms with Crippen LogP contribution in [0.25, 0.3) is 11.8 Å². The van der Waals surface area contributed by atoms with Gasteiger partial charge in [-0.3, -0.25) is 0 Å². The molecule has 0 aliphatic carbocycles. The maximum absolute atomic E-state index is 13.8. The number of benzene rings is 2. The Morgan fingerprint density at radius 3 is 2.50 bits per heavy atom. The first-order valence-corrected chi connectivity index (χ1v) is 10.4. The van der Waals surface area contributed by atoms with Gasteiger partial charge < -0.3 is 24.1 Å². The Kier molecular flexibility index (Phi) is 6.60. The largest absolute Gasteiger partial charge is 0.495 e. The van der Waals surface area contributed by atoms with E-state index >= 15 is 0 Å². The van der Waals surface area contributed by atoms with Crippen LogP contribution in [0.5, 0.6) is 5.75 Å². The number of ether oxygens (including phenoxy) is 1. The molecule has 3 aromatic rings. The van der Waals surface area contributed by atoms with Crippen molar-refractivity contribution in [2.24, 2.45) is 5.16 Å². The molecule has 1 N–H and O–H groups in total. The lowest BCUT2D eigenvalue weighted by atomic mass is 9.99. The molecule has 7 nitrogen and oxygen atoms in total. The zero-order chi connectivity index (χ0) is 24.4. The number of hydrogen-bond donors (Lipinski definition) is 1. The number of halogens is 3. The standard InChI is InChI=1S/C24H23F3N4O3/c1-14-11-31(13-28-14)19-6-4-15(8-20(19)33-3)5-7-22-29-34-21(12-32)24(30(22)2)16-9-17(25)23(27)18(26)10-16/h4-11,13,21,24,32H,12H2,1-3H3. The molecular formula is C24H23F3N4O3. The molecule has 1 aromatic heterocycles. The number of hydrogen-bond acceptors (Lipinski definition) is 6. The molecule has 178 valence electrons. The van der Waals surface area contributed by atoms with Crippen LogP contribution >= 0.6 is 0 Å². The smallest absolute Gasteiger partial charge is 0.194 e. The number of aliphatic hydroxyl groups is 1. The van der Waals surface area contributed by atoms with Crippen LogP contribution in [0.15, 0.2) is 54.1 Å². The molecule has 1 aliphatic rings. The summed E-state index contributed by atoms with van der Waals surface area (Å²) in [7, 11) is 3.22. The molecule has 2 unspecified atom stereocenters. The highest BCUT2D eigenvalue weighted by Gasteiger charge is 2.35. The quantitative estimate of drug-likeness (QED) is 0.550. The zero-order valence-electron chi connectivity index (χ0n) is 18.7. The Hall–Kier alpha value is -3.79. The summed E-state index contributed by atoms with van der Waals surface area (Å²) < 4.78 is 48.5. The summed E-state index contributed by atoms with van der Waals surface area (Å²) in [6, 6.07) is 6.58. The summed E-state index contributed by atoms with van der Waals surface area (Å²) in [4.78, 5) is 11.2. The molecule has 0 fully saturated rings. The Morgan fingerprint density at radius 1 is 1.15 bits per heavy atom. The van der Waals surface area contributed by atoms with E-state index in [0.717, 1.165) is 29.1 Å². The highest BCUT2D eigenvalue weighted by atomic mass is 19.2. The van der Waals surface area contributed by atoms with Crippen molar-refractivity contribution < 1.29 is 27.9 Å². The Labute approximate surface area is 194 Å². The maximum atomic E-state index is 13.8. The highest BCUT2D eigenvalue weighted by molar-refractivity contribution is 5.96. The first-order valence-electron chi connectivity index (χ1n) is 10.4. The number of aliphatic hydroxyl groups excluding tert-OH is 1. The topological polar surface area (TPSA) is 72.1 Å². The van der Waals surface area contributed by atoms with Crippen molar-refractivity contribution in [1.29, 1.82) is 0 Å². The summed E-state index contributed by atoms with van der Waals surface area (Å²) in [5.74, 6) is -3.22. The van der Waals surface area contributed by atoms with Gasteiger partial charge in [-0.25, -0.2) is 18.2 Å². The lowest BCUT2D eigenvalue weighted by Crippen LogP contribution is -2.43. The van der Waals surface area contributed by atoms with E-state index in [1.54, 1.807) is 37.5 Å². The molecule has 10 heteroatoms. The molecule has 34 heavy (non-hydrogen) atoms. The lowest BCUT2D eigenvalue weighted by molar-refractivity contribution is -0.0426. The second-order valence-corrected chi connectivity index (χ2v) is 7.82. The van der Waals surface area contributed by atoms with Crippen LogP contribution in [-0.4, -0.2) is 52.3 Å². The van der Waals surface area contributed by atoms with Crippen molar-refractivity contribution in [3.05, 3.63) is 83.2 Å². The third kappa shape index (κ3) is 4.49. The van der Waals surface area contributed by atoms with Crippen molar-refractivity contribution in [2.75, 3.05) is 20.8 Å². The molecule has 2 atom stereocenters. The van der Waals surface area contributed by atoms with E-state index in [-0.39, 0.29) is 5.56 Å². The van der Waals surface area contributed by atoms with Crippen LogP contribution in [0.4, 0.5) is 13.2 Å². The molecule has 0 saturated heterocycles. The predicted molar refractivity (Wildman–Crippen MR) is 120 cm³/mol. The van der Waals surface area contributed by atoms with E-state index in [9.17, 15) is 18.3 Å². The molecule has 0 saturated carbocycles. The molecule has 0 bridgehead atoms. The van der Waals surface area contributed by atoms with Crippen LogP contribution < -0.4 is 4.74 Å². The Balaban J connectivity index is 1.61. The number of amidine groups is 1. The molecule has 2 heterocycles. The van der Waals surface area contributed by atoms with Crippen molar-refractivity contribution in [1.82, 2.24) is 14.5 Å². The Bertz CT molecular complexity index is 1240. The monoisotopic (exact) mass is 472 g/mol. The minimum absolute atomic E-state index is 0.111. The molecule has 0 radical (unpaired) electrons. The van der Waals surface area contributed by atoms with E-state index in [0.29, 0.717) is 11.6 Å². The zero-order valence-corrected chi connectivity index (χ0v) is 18.7. The summed E-state index contributed by atoms with van der Waals surface area (Å²) in [5.41, 5.74) is 2.61. The number of rotatable bonds is 6. The van der Waals surface area contributed by atoms with E-state index in [1.807, 2.05) is 35.9 Å². The number of oxime groups is 1. The molecular weight excluding hydrogens is 449 g/mol. The predicted octanol–water partition coefficient (Wildman–Crippen LogP) is 4.00. The SMILES string of the molecule is COc1cc(C=CC2=NOC(CO)C(c3cc(F)c(F)c(F)c3)N2C)ccc1-n1cnc(C)c1. The Morgan fingerprint density at radius 2 is 1.88 bits per heavy atom. The van der Waals surface area contributed by atoms with Gasteiger partial charge in [-0.2, -0.15) is 0 Å². The number of nitrogens with zero attached hydrogens (tertiary/aromatic N) is 4. The van der Waals surface area contributed by atoms with Crippen LogP contribution in [-0.2, 0) is 4.84 Å². The molecule has 2 aromatic carbocycles. The molecule has 4 rings (SSSR count). The van der Waals surface area contributed by atoms with Crippen molar-refractivity contribution in [3.8, 4) is 11.4 Å². The number of aryl methyl sites for hydroxylation is 1. The molecule has 0 amide bonds. The third-order valence-electron chi connectivity index (χ3n) is 5.56. The summed E-state index contributed by atoms with van der Waals surface area (Å²) >= 11 is 0. The maximum Gasteiger partial charge on any atom is 0.194 e. The fraction of sp³-hybridized carbons (Fsp3) is 0.250. The number of methoxy groups -OCH3 is 1. The summed E-state index contributed by atoms with van der Waals surface area (Å²) in [5, 5.41) is 13.7. The lowest BCUT2D eigenvalue weighted by Gasteiger charge is -2.37. The van der Waals surface area contributed by atoms with Gasteiger partial charge in [0.15, 0.2) is 29.4 Å². The van der Waals surface area contributed by atoms with Crippen LogP contribution in [0.3, 0.4) is 0 Å². The minimum Gasteiger partial charge on any atom is -0.495 e. The number of aromatic nitrogens is 2. The molecule has 1 aliphatic heterocycles. The van der Waals surface area contributed by atoms with Gasteiger partial charge in [0.2, 0.25) is 0 Å². The van der Waals surface area contributed by atoms with Gasteiger partial charge in [-0.15, -0.1) is 0 Å². The van der Waals surface area contributed by atoms with Crippen LogP contribution in [0.1, 0.15) is 22.9 Å². The summed E-state index contributed by atoms with van der Waals surface area (Å²) in [6.45, 7) is 1.44. The van der Waals surface area contributed by atoms with E-state index < -0.39 is 36.2 Å². The first kappa shape index (κ1) is 23.4. The minimum atomic E-state index is -1.55. The van der Waals surface area contributed by atoms with Gasteiger partial charge in [0.05, 0.1) is 37.5 Å². The normalized spacial score (nSPS) is 18.2. The highest BCUT2D eigenvalue weighted by Crippen LogP contribution is 2.32. The fourth-order valence-corrected chi connectivity index (χ4v) is 3.84. The average molecular weight is 472 g/mol. The van der Waals surface area contributed by atoms with Gasteiger partial charge >= 0.3 is 0 Å². The van der Waals surface area contributed by atoms with Crippen molar-refractivity contribution in [2.45, 2.75) is 19.1 Å². The van der Waals surface area contributed by atoms with E-state index in [4.69, 9.17) is 9.57 Å². The molecule has 0 spiro atoms. The summed E-state index contributed by atoms with van der Waals surface area (Å²) in [6.07, 6.45) is 6.11. The van der Waals surface area contributed by atoms with Gasteiger partial charge in [-0.1, -0.05) is 17.3 Å². The average Bonchev–Trinajstić information content (AvgIpc) is 3.26.